The lowest BCUT2D eigenvalue weighted by Crippen LogP contribution is -2.29. The summed E-state index contributed by atoms with van der Waals surface area (Å²) >= 11 is 5.75. The summed E-state index contributed by atoms with van der Waals surface area (Å²) in [6.07, 6.45) is 7.16. The Morgan fingerprint density at radius 2 is 1.81 bits per heavy atom. The number of anilines is 2. The molecule has 1 aliphatic heterocycles. The summed E-state index contributed by atoms with van der Waals surface area (Å²) in [6, 6.07) is 15.0. The van der Waals surface area contributed by atoms with Gasteiger partial charge in [-0.25, -0.2) is 8.42 Å². The van der Waals surface area contributed by atoms with E-state index in [1.54, 1.807) is 18.3 Å². The topological polar surface area (TPSA) is 79.3 Å². The van der Waals surface area contributed by atoms with Crippen LogP contribution in [-0.2, 0) is 15.6 Å². The van der Waals surface area contributed by atoms with E-state index in [4.69, 9.17) is 12.2 Å². The molecule has 3 heterocycles. The maximum Gasteiger partial charge on any atom is 0.229 e. The third-order valence-corrected chi connectivity index (χ3v) is 6.30. The zero-order valence-electron chi connectivity index (χ0n) is 18.5. The van der Waals surface area contributed by atoms with Crippen molar-refractivity contribution >= 4 is 38.7 Å². The van der Waals surface area contributed by atoms with Crippen LogP contribution in [0.5, 0.6) is 0 Å². The Balaban J connectivity index is 1.76. The minimum absolute atomic E-state index is 0.0466. The summed E-state index contributed by atoms with van der Waals surface area (Å²) in [4.78, 5) is 6.65. The Kier molecular flexibility index (Phi) is 5.72. The summed E-state index contributed by atoms with van der Waals surface area (Å²) in [5, 5.41) is 4.04. The van der Waals surface area contributed by atoms with Crippen molar-refractivity contribution in [3.8, 4) is 0 Å². The second-order valence-corrected chi connectivity index (χ2v) is 11.1. The van der Waals surface area contributed by atoms with Gasteiger partial charge < -0.3 is 14.8 Å². The van der Waals surface area contributed by atoms with Crippen LogP contribution < -0.4 is 14.9 Å². The first-order chi connectivity index (χ1) is 15.0. The second-order valence-electron chi connectivity index (χ2n) is 8.94. The van der Waals surface area contributed by atoms with Crippen molar-refractivity contribution in [2.75, 3.05) is 15.9 Å². The lowest BCUT2D eigenvalue weighted by molar-refractivity contribution is 0.397. The van der Waals surface area contributed by atoms with E-state index in [1.807, 2.05) is 30.3 Å². The zero-order valence-corrected chi connectivity index (χ0v) is 20.1. The monoisotopic (exact) mass is 469 g/mol. The minimum Gasteiger partial charge on any atom is -0.351 e. The molecular weight excluding hydrogens is 442 g/mol. The molecule has 3 aromatic rings. The number of hydrogen-bond donors (Lipinski definition) is 2. The minimum atomic E-state index is -3.34. The molecule has 32 heavy (non-hydrogen) atoms. The van der Waals surface area contributed by atoms with Gasteiger partial charge in [-0.3, -0.25) is 9.71 Å². The summed E-state index contributed by atoms with van der Waals surface area (Å²) in [5.41, 5.74) is 3.34. The number of benzene rings is 1. The van der Waals surface area contributed by atoms with Crippen molar-refractivity contribution in [3.05, 3.63) is 78.4 Å². The molecule has 1 saturated heterocycles. The third kappa shape index (κ3) is 4.63. The van der Waals surface area contributed by atoms with Gasteiger partial charge in [0, 0.05) is 35.5 Å². The molecule has 1 fully saturated rings. The van der Waals surface area contributed by atoms with Gasteiger partial charge in [-0.2, -0.15) is 0 Å². The SMILES string of the molecule is CC(C)(C)n1ccc([C@H]2[C@H](c3ccccn3)NC(=S)N2c2ccc(NS(C)(=O)=O)cc2)c1. The Morgan fingerprint density at radius 3 is 2.38 bits per heavy atom. The first-order valence-electron chi connectivity index (χ1n) is 10.3. The molecule has 7 nitrogen and oxygen atoms in total. The van der Waals surface area contributed by atoms with Crippen LogP contribution in [0.1, 0.15) is 44.1 Å². The summed E-state index contributed by atoms with van der Waals surface area (Å²) in [5.74, 6) is 0. The van der Waals surface area contributed by atoms with Crippen LogP contribution >= 0.6 is 12.2 Å². The highest BCUT2D eigenvalue weighted by molar-refractivity contribution is 7.92. The number of rotatable bonds is 5. The number of sulfonamides is 1. The lowest BCUT2D eigenvalue weighted by atomic mass is 9.98. The highest BCUT2D eigenvalue weighted by Crippen LogP contribution is 2.42. The van der Waals surface area contributed by atoms with Gasteiger partial charge in [-0.1, -0.05) is 6.07 Å². The molecule has 0 unspecified atom stereocenters. The van der Waals surface area contributed by atoms with Crippen LogP contribution in [0.15, 0.2) is 67.1 Å². The molecule has 0 saturated carbocycles. The summed E-state index contributed by atoms with van der Waals surface area (Å²) in [7, 11) is -3.34. The molecule has 2 atom stereocenters. The van der Waals surface area contributed by atoms with E-state index < -0.39 is 10.0 Å². The fraction of sp³-hybridized carbons (Fsp3) is 0.304. The molecule has 9 heteroatoms. The zero-order chi connectivity index (χ0) is 23.1. The Morgan fingerprint density at radius 1 is 1.09 bits per heavy atom. The number of hydrogen-bond acceptors (Lipinski definition) is 4. The van der Waals surface area contributed by atoms with E-state index >= 15 is 0 Å². The Hall–Kier alpha value is -2.91. The van der Waals surface area contributed by atoms with Crippen molar-refractivity contribution < 1.29 is 8.42 Å². The lowest BCUT2D eigenvalue weighted by Gasteiger charge is -2.28. The first kappa shape index (κ1) is 22.3. The maximum atomic E-state index is 11.6. The average Bonchev–Trinajstić information content (AvgIpc) is 3.33. The quantitative estimate of drug-likeness (QED) is 0.546. The van der Waals surface area contributed by atoms with Crippen LogP contribution in [0.2, 0.25) is 0 Å². The van der Waals surface area contributed by atoms with Crippen molar-refractivity contribution in [1.82, 2.24) is 14.9 Å². The van der Waals surface area contributed by atoms with Crippen LogP contribution in [0.3, 0.4) is 0 Å². The van der Waals surface area contributed by atoms with Crippen LogP contribution in [0.4, 0.5) is 11.4 Å². The van der Waals surface area contributed by atoms with E-state index in [0.29, 0.717) is 10.8 Å². The molecule has 2 aromatic heterocycles. The molecule has 168 valence electrons. The maximum absolute atomic E-state index is 11.6. The van der Waals surface area contributed by atoms with Gasteiger partial charge in [0.05, 0.1) is 24.0 Å². The van der Waals surface area contributed by atoms with E-state index in [1.165, 1.54) is 0 Å². The van der Waals surface area contributed by atoms with Gasteiger partial charge in [0.15, 0.2) is 5.11 Å². The number of aromatic nitrogens is 2. The molecular formula is C23H27N5O2S2. The first-order valence-corrected chi connectivity index (χ1v) is 12.6. The van der Waals surface area contributed by atoms with E-state index in [9.17, 15) is 8.42 Å². The van der Waals surface area contributed by atoms with E-state index in [-0.39, 0.29) is 17.6 Å². The largest absolute Gasteiger partial charge is 0.351 e. The van der Waals surface area contributed by atoms with Crippen molar-refractivity contribution in [3.63, 3.8) is 0 Å². The third-order valence-electron chi connectivity index (χ3n) is 5.38. The van der Waals surface area contributed by atoms with Crippen molar-refractivity contribution in [2.45, 2.75) is 38.4 Å². The molecule has 0 amide bonds. The van der Waals surface area contributed by atoms with Crippen LogP contribution in [-0.4, -0.2) is 29.3 Å². The Bertz CT molecular complexity index is 1220. The molecule has 0 spiro atoms. The molecule has 2 N–H and O–H groups in total. The van der Waals surface area contributed by atoms with Gasteiger partial charge in [0.1, 0.15) is 0 Å². The molecule has 0 bridgehead atoms. The number of nitrogens with one attached hydrogen (secondary N) is 2. The van der Waals surface area contributed by atoms with Gasteiger partial charge in [-0.05, 0) is 81.0 Å². The predicted molar refractivity (Wildman–Crippen MR) is 132 cm³/mol. The van der Waals surface area contributed by atoms with E-state index in [0.717, 1.165) is 23.2 Å². The molecule has 1 aliphatic rings. The predicted octanol–water partition coefficient (Wildman–Crippen LogP) is 4.19. The second kappa shape index (κ2) is 8.22. The summed E-state index contributed by atoms with van der Waals surface area (Å²) in [6.45, 7) is 6.49. The molecule has 0 radical (unpaired) electrons. The molecule has 0 aliphatic carbocycles. The normalized spacial score (nSPS) is 19.1. The highest BCUT2D eigenvalue weighted by atomic mass is 32.2. The van der Waals surface area contributed by atoms with Crippen LogP contribution in [0.25, 0.3) is 0 Å². The smallest absolute Gasteiger partial charge is 0.229 e. The van der Waals surface area contributed by atoms with Gasteiger partial charge in [-0.15, -0.1) is 0 Å². The number of thiocarbonyl (C=S) groups is 1. The van der Waals surface area contributed by atoms with E-state index in [2.05, 4.69) is 63.7 Å². The highest BCUT2D eigenvalue weighted by Gasteiger charge is 2.41. The van der Waals surface area contributed by atoms with Crippen molar-refractivity contribution in [1.29, 1.82) is 0 Å². The van der Waals surface area contributed by atoms with Gasteiger partial charge >= 0.3 is 0 Å². The van der Waals surface area contributed by atoms with Gasteiger partial charge in [0.25, 0.3) is 0 Å². The number of pyridine rings is 1. The summed E-state index contributed by atoms with van der Waals surface area (Å²) < 4.78 is 27.8. The average molecular weight is 470 g/mol. The number of nitrogens with zero attached hydrogens (tertiary/aromatic N) is 3. The standard InChI is InChI=1S/C23H27N5O2S2/c1-23(2,3)27-14-12-16(15-27)21-20(19-7-5-6-13-24-19)25-22(31)28(21)18-10-8-17(9-11-18)26-32(4,29)30/h5-15,20-21,26H,1-4H3,(H,25,31)/t20-,21-/m0/s1. The Labute approximate surface area is 194 Å². The van der Waals surface area contributed by atoms with Gasteiger partial charge in [0.2, 0.25) is 10.0 Å². The van der Waals surface area contributed by atoms with Crippen LogP contribution in [0, 0.1) is 0 Å². The van der Waals surface area contributed by atoms with Crippen molar-refractivity contribution in [2.24, 2.45) is 0 Å². The fourth-order valence-corrected chi connectivity index (χ4v) is 4.79. The fourth-order valence-electron chi connectivity index (χ4n) is 3.88. The molecule has 4 rings (SSSR count). The molecule has 1 aromatic carbocycles.